The van der Waals surface area contributed by atoms with Gasteiger partial charge in [-0.2, -0.15) is 29.4 Å². The molecule has 1 heterocycles. The summed E-state index contributed by atoms with van der Waals surface area (Å²) >= 11 is 0. The number of benzene rings is 5. The zero-order valence-corrected chi connectivity index (χ0v) is 18.4. The molecule has 1 radical (unpaired) electrons. The molecule has 0 N–H and O–H groups in total. The first-order chi connectivity index (χ1) is 14.4. The molecule has 6 rings (SSSR count). The van der Waals surface area contributed by atoms with Crippen molar-refractivity contribution in [1.82, 2.24) is 9.78 Å². The van der Waals surface area contributed by atoms with Crippen LogP contribution >= 0.6 is 0 Å². The van der Waals surface area contributed by atoms with Crippen molar-refractivity contribution in [2.45, 2.75) is 0 Å². The van der Waals surface area contributed by atoms with Crippen LogP contribution in [0.4, 0.5) is 0 Å². The molecule has 1 aromatic heterocycles. The van der Waals surface area contributed by atoms with Crippen LogP contribution in [0.1, 0.15) is 0 Å². The van der Waals surface area contributed by atoms with Crippen LogP contribution in [0.25, 0.3) is 49.3 Å². The smallest absolute Gasteiger partial charge is 0.0716 e. The van der Waals surface area contributed by atoms with Gasteiger partial charge >= 0.3 is 0 Å². The van der Waals surface area contributed by atoms with Crippen LogP contribution in [0.15, 0.2) is 103 Å². The summed E-state index contributed by atoms with van der Waals surface area (Å²) in [4.78, 5) is 0. The zero-order chi connectivity index (χ0) is 19.2. The van der Waals surface area contributed by atoms with Crippen LogP contribution in [0.2, 0.25) is 0 Å². The van der Waals surface area contributed by atoms with E-state index in [2.05, 4.69) is 84.0 Å². The van der Waals surface area contributed by atoms with Gasteiger partial charge in [0.05, 0.1) is 5.69 Å². The second-order valence-corrected chi connectivity index (χ2v) is 7.23. The predicted molar refractivity (Wildman–Crippen MR) is 120 cm³/mol. The first-order valence-electron chi connectivity index (χ1n) is 9.75. The van der Waals surface area contributed by atoms with Gasteiger partial charge in [-0.15, -0.1) is 6.07 Å². The minimum atomic E-state index is 0. The summed E-state index contributed by atoms with van der Waals surface area (Å²) in [5, 5.41) is 12.2. The van der Waals surface area contributed by atoms with Crippen LogP contribution in [0.5, 0.6) is 0 Å². The largest absolute Gasteiger partial charge is 0.258 e. The van der Waals surface area contributed by atoms with E-state index in [0.29, 0.717) is 0 Å². The van der Waals surface area contributed by atoms with Gasteiger partial charge in [-0.3, -0.25) is 4.68 Å². The van der Waals surface area contributed by atoms with E-state index in [0.717, 1.165) is 16.9 Å². The molecule has 0 aliphatic heterocycles. The monoisotopic (exact) mass is 562 g/mol. The van der Waals surface area contributed by atoms with Crippen molar-refractivity contribution < 1.29 is 20.1 Å². The molecule has 0 saturated heterocycles. The summed E-state index contributed by atoms with van der Waals surface area (Å²) in [5.74, 6) is 0. The van der Waals surface area contributed by atoms with Crippen LogP contribution in [0, 0.1) is 6.07 Å². The summed E-state index contributed by atoms with van der Waals surface area (Å²) in [7, 11) is 0. The van der Waals surface area contributed by atoms with Crippen molar-refractivity contribution in [3.05, 3.63) is 109 Å². The fourth-order valence-corrected chi connectivity index (χ4v) is 4.30. The Hall–Kier alpha value is -3.26. The van der Waals surface area contributed by atoms with Crippen molar-refractivity contribution in [3.63, 3.8) is 0 Å². The van der Waals surface area contributed by atoms with Crippen LogP contribution in [-0.2, 0) is 20.1 Å². The second kappa shape index (κ2) is 7.53. The number of aromatic nitrogens is 2. The zero-order valence-electron chi connectivity index (χ0n) is 16.0. The first-order valence-corrected chi connectivity index (χ1v) is 9.75. The molecule has 0 aliphatic rings. The molecule has 0 aliphatic carbocycles. The van der Waals surface area contributed by atoms with E-state index < -0.39 is 0 Å². The van der Waals surface area contributed by atoms with Crippen molar-refractivity contribution in [1.29, 1.82) is 0 Å². The molecule has 3 heteroatoms. The molecule has 0 atom stereocenters. The SMILES string of the molecule is [Ir].[c-]1ccccc1-n1nccc1-c1ccc2c3ccccc3c3ccccc3c2c1. The Balaban J connectivity index is 0.00000193. The summed E-state index contributed by atoms with van der Waals surface area (Å²) in [6, 6.07) is 37.3. The number of hydrogen-bond donors (Lipinski definition) is 0. The normalized spacial score (nSPS) is 11.1. The van der Waals surface area contributed by atoms with Crippen molar-refractivity contribution in [3.8, 4) is 16.9 Å². The molecule has 0 bridgehead atoms. The molecule has 145 valence electrons. The standard InChI is InChI=1S/C27H17N2.Ir/c1-2-8-20(9-3-1)29-27(16-17-28-29)19-14-15-25-23-12-5-4-10-21(23)22-11-6-7-13-24(22)26(25)18-19;/h1-8,10-18H;/q-1;. The fourth-order valence-electron chi connectivity index (χ4n) is 4.30. The van der Waals surface area contributed by atoms with Crippen LogP contribution in [-0.4, -0.2) is 9.78 Å². The minimum absolute atomic E-state index is 0. The van der Waals surface area contributed by atoms with Gasteiger partial charge in [0.1, 0.15) is 0 Å². The molecule has 30 heavy (non-hydrogen) atoms. The molecular formula is C27H17IrN2-. The fraction of sp³-hybridized carbons (Fsp3) is 0. The number of rotatable bonds is 2. The van der Waals surface area contributed by atoms with E-state index in [4.69, 9.17) is 0 Å². The maximum atomic E-state index is 4.54. The number of fused-ring (bicyclic) bond motifs is 6. The summed E-state index contributed by atoms with van der Waals surface area (Å²) < 4.78 is 1.95. The molecule has 5 aromatic carbocycles. The topological polar surface area (TPSA) is 17.8 Å². The molecule has 0 saturated carbocycles. The maximum Gasteiger partial charge on any atom is 0.0716 e. The Bertz CT molecular complexity index is 1460. The minimum Gasteiger partial charge on any atom is -0.258 e. The number of nitrogens with zero attached hydrogens (tertiary/aromatic N) is 2. The summed E-state index contributed by atoms with van der Waals surface area (Å²) in [5.41, 5.74) is 3.15. The molecule has 0 amide bonds. The Morgan fingerprint density at radius 3 is 1.83 bits per heavy atom. The number of para-hydroxylation sites is 1. The van der Waals surface area contributed by atoms with Crippen molar-refractivity contribution in [2.24, 2.45) is 0 Å². The molecule has 0 unspecified atom stereocenters. The van der Waals surface area contributed by atoms with Gasteiger partial charge in [-0.25, -0.2) is 0 Å². The maximum absolute atomic E-state index is 4.54. The van der Waals surface area contributed by atoms with Crippen LogP contribution in [0.3, 0.4) is 0 Å². The Morgan fingerprint density at radius 2 is 1.20 bits per heavy atom. The predicted octanol–water partition coefficient (Wildman–Crippen LogP) is 6.80. The van der Waals surface area contributed by atoms with Gasteiger partial charge in [-0.05, 0) is 50.1 Å². The van der Waals surface area contributed by atoms with E-state index in [-0.39, 0.29) is 20.1 Å². The molecule has 0 fully saturated rings. The van der Waals surface area contributed by atoms with E-state index in [1.807, 2.05) is 35.1 Å². The third kappa shape index (κ3) is 2.87. The van der Waals surface area contributed by atoms with Gasteiger partial charge < -0.3 is 0 Å². The van der Waals surface area contributed by atoms with E-state index in [9.17, 15) is 0 Å². The molecular weight excluding hydrogens is 545 g/mol. The molecule has 6 aromatic rings. The van der Waals surface area contributed by atoms with E-state index >= 15 is 0 Å². The van der Waals surface area contributed by atoms with Gasteiger partial charge in [-0.1, -0.05) is 60.7 Å². The Kier molecular flexibility index (Phi) is 4.71. The quantitative estimate of drug-likeness (QED) is 0.168. The van der Waals surface area contributed by atoms with Crippen molar-refractivity contribution >= 4 is 32.3 Å². The van der Waals surface area contributed by atoms with Gasteiger partial charge in [0.25, 0.3) is 0 Å². The molecule has 0 spiro atoms. The first kappa shape index (κ1) is 18.7. The average Bonchev–Trinajstić information content (AvgIpc) is 3.30. The van der Waals surface area contributed by atoms with Crippen molar-refractivity contribution in [2.75, 3.05) is 0 Å². The van der Waals surface area contributed by atoms with Gasteiger partial charge in [0.2, 0.25) is 0 Å². The Labute approximate surface area is 188 Å². The molecule has 2 nitrogen and oxygen atoms in total. The summed E-state index contributed by atoms with van der Waals surface area (Å²) in [6.45, 7) is 0. The average molecular weight is 562 g/mol. The Morgan fingerprint density at radius 1 is 0.600 bits per heavy atom. The summed E-state index contributed by atoms with van der Waals surface area (Å²) in [6.07, 6.45) is 1.85. The second-order valence-electron chi connectivity index (χ2n) is 7.23. The third-order valence-electron chi connectivity index (χ3n) is 5.60. The van der Waals surface area contributed by atoms with E-state index in [1.165, 1.54) is 32.3 Å². The van der Waals surface area contributed by atoms with E-state index in [1.54, 1.807) is 0 Å². The van der Waals surface area contributed by atoms with Crippen LogP contribution < -0.4 is 0 Å². The van der Waals surface area contributed by atoms with Gasteiger partial charge in [0.15, 0.2) is 0 Å². The third-order valence-corrected chi connectivity index (χ3v) is 5.60. The van der Waals surface area contributed by atoms with Gasteiger partial charge in [0, 0.05) is 31.9 Å². The number of hydrogen-bond acceptors (Lipinski definition) is 1.